The molecule has 4 nitrogen and oxygen atoms in total. The van der Waals surface area contributed by atoms with E-state index < -0.39 is 4.33 Å². The fraction of sp³-hybridized carbons (Fsp3) is 0.538. The number of hydrogen-bond acceptors (Lipinski definition) is 3. The van der Waals surface area contributed by atoms with Crippen LogP contribution in [0, 0.1) is 5.92 Å². The molecule has 104 valence electrons. The van der Waals surface area contributed by atoms with Gasteiger partial charge in [0.2, 0.25) is 11.8 Å². The van der Waals surface area contributed by atoms with E-state index in [1.165, 1.54) is 0 Å². The first-order valence-electron chi connectivity index (χ1n) is 6.15. The summed E-state index contributed by atoms with van der Waals surface area (Å²) in [6.07, 6.45) is 2.29. The highest BCUT2D eigenvalue weighted by molar-refractivity contribution is 6.52. The number of carbonyl (C=O) groups excluding carboxylic acids is 1. The monoisotopic (exact) mass is 302 g/mol. The number of nitrogens with zero attached hydrogens (tertiary/aromatic N) is 1. The topological polar surface area (TPSA) is 51.2 Å². The third-order valence-corrected chi connectivity index (χ3v) is 3.60. The van der Waals surface area contributed by atoms with E-state index in [-0.39, 0.29) is 17.9 Å². The summed E-state index contributed by atoms with van der Waals surface area (Å²) >= 11 is 11.7. The molecule has 1 saturated carbocycles. The molecular weight excluding hydrogens is 287 g/mol. The lowest BCUT2D eigenvalue weighted by molar-refractivity contribution is -0.122. The van der Waals surface area contributed by atoms with Crippen LogP contribution in [0.15, 0.2) is 18.3 Å². The summed E-state index contributed by atoms with van der Waals surface area (Å²) in [5.41, 5.74) is 0.903. The predicted octanol–water partition coefficient (Wildman–Crippen LogP) is 2.68. The lowest BCUT2D eigenvalue weighted by Gasteiger charge is -2.09. The minimum Gasteiger partial charge on any atom is -0.475 e. The second kappa shape index (κ2) is 5.55. The maximum atomic E-state index is 11.7. The Kier molecular flexibility index (Phi) is 4.21. The number of amides is 1. The number of carbonyl (C=O) groups is 1. The zero-order valence-corrected chi connectivity index (χ0v) is 12.3. The van der Waals surface area contributed by atoms with E-state index in [9.17, 15) is 4.79 Å². The molecule has 1 fully saturated rings. The zero-order chi connectivity index (χ0) is 14.0. The molecule has 1 aromatic rings. The van der Waals surface area contributed by atoms with Gasteiger partial charge >= 0.3 is 0 Å². The van der Waals surface area contributed by atoms with Crippen molar-refractivity contribution in [3.8, 4) is 5.88 Å². The number of alkyl halides is 2. The van der Waals surface area contributed by atoms with Gasteiger partial charge in [0.25, 0.3) is 0 Å². The van der Waals surface area contributed by atoms with Crippen molar-refractivity contribution >= 4 is 29.1 Å². The van der Waals surface area contributed by atoms with E-state index in [0.29, 0.717) is 18.8 Å². The Morgan fingerprint density at radius 1 is 1.58 bits per heavy atom. The van der Waals surface area contributed by atoms with Crippen LogP contribution in [0.1, 0.15) is 25.8 Å². The summed E-state index contributed by atoms with van der Waals surface area (Å²) in [5, 5.41) is 2.79. The zero-order valence-electron chi connectivity index (χ0n) is 10.8. The quantitative estimate of drug-likeness (QED) is 0.851. The molecule has 0 aliphatic heterocycles. The number of pyridine rings is 1. The molecule has 1 atom stereocenters. The second-order valence-electron chi connectivity index (χ2n) is 4.91. The summed E-state index contributed by atoms with van der Waals surface area (Å²) in [7, 11) is 0. The highest BCUT2D eigenvalue weighted by Crippen LogP contribution is 2.53. The van der Waals surface area contributed by atoms with E-state index >= 15 is 0 Å². The van der Waals surface area contributed by atoms with Crippen molar-refractivity contribution in [1.82, 2.24) is 10.3 Å². The molecule has 0 saturated heterocycles. The van der Waals surface area contributed by atoms with E-state index in [1.807, 2.05) is 19.9 Å². The first-order chi connectivity index (χ1) is 8.88. The third kappa shape index (κ3) is 3.98. The molecule has 0 bridgehead atoms. The average molecular weight is 303 g/mol. The molecule has 1 amide bonds. The molecule has 0 spiro atoms. The normalized spacial score (nSPS) is 20.2. The van der Waals surface area contributed by atoms with Crippen LogP contribution < -0.4 is 10.1 Å². The van der Waals surface area contributed by atoms with Crippen LogP contribution in [-0.4, -0.2) is 21.3 Å². The fourth-order valence-corrected chi connectivity index (χ4v) is 2.14. The molecule has 0 radical (unpaired) electrons. The van der Waals surface area contributed by atoms with Gasteiger partial charge in [0, 0.05) is 18.8 Å². The number of aromatic nitrogens is 1. The third-order valence-electron chi connectivity index (χ3n) is 2.76. The molecule has 1 unspecified atom stereocenters. The van der Waals surface area contributed by atoms with E-state index in [0.717, 1.165) is 5.56 Å². The SMILES string of the molecule is CC(C)Oc1ccc(CNC(=O)C2CC2(Cl)Cl)cn1. The molecule has 2 rings (SSSR count). The lowest BCUT2D eigenvalue weighted by Crippen LogP contribution is -2.26. The van der Waals surface area contributed by atoms with Gasteiger partial charge in [-0.05, 0) is 25.8 Å². The van der Waals surface area contributed by atoms with E-state index in [1.54, 1.807) is 12.3 Å². The lowest BCUT2D eigenvalue weighted by atomic mass is 10.2. The summed E-state index contributed by atoms with van der Waals surface area (Å²) in [6, 6.07) is 3.65. The van der Waals surface area contributed by atoms with E-state index in [2.05, 4.69) is 10.3 Å². The molecule has 1 aromatic heterocycles. The Morgan fingerprint density at radius 3 is 2.74 bits per heavy atom. The highest BCUT2D eigenvalue weighted by atomic mass is 35.5. The van der Waals surface area contributed by atoms with Crippen molar-refractivity contribution in [3.63, 3.8) is 0 Å². The van der Waals surface area contributed by atoms with Crippen LogP contribution in [0.5, 0.6) is 5.88 Å². The maximum Gasteiger partial charge on any atom is 0.226 e. The van der Waals surface area contributed by atoms with Crippen LogP contribution >= 0.6 is 23.2 Å². The fourth-order valence-electron chi connectivity index (χ4n) is 1.64. The van der Waals surface area contributed by atoms with Gasteiger partial charge in [0.1, 0.15) is 4.33 Å². The number of halogens is 2. The Hall–Kier alpha value is -1.00. The minimum absolute atomic E-state index is 0.0912. The largest absolute Gasteiger partial charge is 0.475 e. The van der Waals surface area contributed by atoms with Crippen LogP contribution in [0.25, 0.3) is 0 Å². The van der Waals surface area contributed by atoms with Crippen molar-refractivity contribution in [1.29, 1.82) is 0 Å². The molecule has 6 heteroatoms. The molecule has 1 aliphatic rings. The van der Waals surface area contributed by atoms with Crippen molar-refractivity contribution in [2.45, 2.75) is 37.3 Å². The average Bonchev–Trinajstić information content (AvgIpc) is 2.97. The van der Waals surface area contributed by atoms with E-state index in [4.69, 9.17) is 27.9 Å². The molecule has 1 heterocycles. The predicted molar refractivity (Wildman–Crippen MR) is 74.4 cm³/mol. The van der Waals surface area contributed by atoms with Crippen LogP contribution in [0.4, 0.5) is 0 Å². The smallest absolute Gasteiger partial charge is 0.226 e. The molecule has 1 N–H and O–H groups in total. The molecule has 1 aliphatic carbocycles. The van der Waals surface area contributed by atoms with Gasteiger partial charge in [-0.1, -0.05) is 6.07 Å². The van der Waals surface area contributed by atoms with Crippen molar-refractivity contribution < 1.29 is 9.53 Å². The minimum atomic E-state index is -0.878. The highest BCUT2D eigenvalue weighted by Gasteiger charge is 2.56. The van der Waals surface area contributed by atoms with Gasteiger partial charge in [-0.2, -0.15) is 0 Å². The Bertz CT molecular complexity index is 460. The van der Waals surface area contributed by atoms with Gasteiger partial charge in [0.05, 0.1) is 12.0 Å². The number of hydrogen-bond donors (Lipinski definition) is 1. The number of nitrogens with one attached hydrogen (secondary N) is 1. The first kappa shape index (κ1) is 14.4. The van der Waals surface area contributed by atoms with Gasteiger partial charge in [-0.25, -0.2) is 4.98 Å². The van der Waals surface area contributed by atoms with Gasteiger partial charge < -0.3 is 10.1 Å². The Labute approximate surface area is 122 Å². The van der Waals surface area contributed by atoms with Crippen LogP contribution in [0.3, 0.4) is 0 Å². The summed E-state index contributed by atoms with van der Waals surface area (Å²) in [6.45, 7) is 4.29. The van der Waals surface area contributed by atoms with Crippen molar-refractivity contribution in [3.05, 3.63) is 23.9 Å². The Balaban J connectivity index is 1.82. The maximum absolute atomic E-state index is 11.7. The van der Waals surface area contributed by atoms with Gasteiger partial charge in [-0.3, -0.25) is 4.79 Å². The summed E-state index contributed by atoms with van der Waals surface area (Å²) < 4.78 is 4.56. The van der Waals surface area contributed by atoms with Crippen molar-refractivity contribution in [2.24, 2.45) is 5.92 Å². The van der Waals surface area contributed by atoms with Gasteiger partial charge in [-0.15, -0.1) is 23.2 Å². The van der Waals surface area contributed by atoms with Crippen molar-refractivity contribution in [2.75, 3.05) is 0 Å². The number of ether oxygens (including phenoxy) is 1. The molecule has 19 heavy (non-hydrogen) atoms. The molecule has 0 aromatic carbocycles. The van der Waals surface area contributed by atoms with Gasteiger partial charge in [0.15, 0.2) is 0 Å². The second-order valence-corrected chi connectivity index (χ2v) is 6.45. The van der Waals surface area contributed by atoms with Crippen LogP contribution in [0.2, 0.25) is 0 Å². The first-order valence-corrected chi connectivity index (χ1v) is 6.91. The van der Waals surface area contributed by atoms with Crippen LogP contribution in [-0.2, 0) is 11.3 Å². The summed E-state index contributed by atoms with van der Waals surface area (Å²) in [4.78, 5) is 15.8. The standard InChI is InChI=1S/C13H16Cl2N2O2/c1-8(2)19-11-4-3-9(6-16-11)7-17-12(18)10-5-13(10,14)15/h3-4,6,8,10H,5,7H2,1-2H3,(H,17,18). The Morgan fingerprint density at radius 2 is 2.26 bits per heavy atom. The number of rotatable bonds is 5. The summed E-state index contributed by atoms with van der Waals surface area (Å²) in [5.74, 6) is 0.160. The molecular formula is C13H16Cl2N2O2.